The van der Waals surface area contributed by atoms with Crippen molar-refractivity contribution in [2.24, 2.45) is 0 Å². The maximum Gasteiger partial charge on any atom is 0.494 e. The van der Waals surface area contributed by atoms with Gasteiger partial charge in [0.2, 0.25) is 0 Å². The number of rotatable bonds is 5. The van der Waals surface area contributed by atoms with Crippen molar-refractivity contribution >= 4 is 22.7 Å². The Bertz CT molecular complexity index is 886. The number of benzene rings is 2. The summed E-state index contributed by atoms with van der Waals surface area (Å²) in [5, 5.41) is 0. The molecule has 0 N–H and O–H groups in total. The van der Waals surface area contributed by atoms with Gasteiger partial charge in [0.05, 0.1) is 22.7 Å². The van der Waals surface area contributed by atoms with E-state index in [1.807, 2.05) is 58.9 Å². The topological polar surface area (TPSA) is 61.8 Å². The Hall–Kier alpha value is -1.67. The average Bonchev–Trinajstić information content (AvgIpc) is 2.82. The SMILES string of the molecule is Cc1ccc(S(=O)(=O)OCc2ccc(B3OC(C)(C)C(C)(C)O3)cc2)cc1. The maximum atomic E-state index is 12.3. The third-order valence-electron chi connectivity index (χ3n) is 5.20. The molecule has 0 aliphatic carbocycles. The van der Waals surface area contributed by atoms with Gasteiger partial charge in [0.25, 0.3) is 10.1 Å². The highest BCUT2D eigenvalue weighted by Crippen LogP contribution is 2.36. The first kappa shape index (κ1) is 20.1. The van der Waals surface area contributed by atoms with Crippen LogP contribution in [0, 0.1) is 6.92 Å². The van der Waals surface area contributed by atoms with Crippen LogP contribution >= 0.6 is 0 Å². The van der Waals surface area contributed by atoms with Crippen LogP contribution in [0.15, 0.2) is 53.4 Å². The molecule has 1 fully saturated rings. The van der Waals surface area contributed by atoms with Gasteiger partial charge in [-0.15, -0.1) is 0 Å². The minimum atomic E-state index is -3.78. The quantitative estimate of drug-likeness (QED) is 0.582. The number of hydrogen-bond donors (Lipinski definition) is 0. The lowest BCUT2D eigenvalue weighted by Crippen LogP contribution is -2.41. The molecule has 0 saturated carbocycles. The molecular formula is C20H25BO5S. The lowest BCUT2D eigenvalue weighted by Gasteiger charge is -2.32. The Labute approximate surface area is 161 Å². The van der Waals surface area contributed by atoms with Crippen LogP contribution in [0.4, 0.5) is 0 Å². The van der Waals surface area contributed by atoms with E-state index in [0.29, 0.717) is 0 Å². The summed E-state index contributed by atoms with van der Waals surface area (Å²) < 4.78 is 41.8. The van der Waals surface area contributed by atoms with Crippen LogP contribution in [0.3, 0.4) is 0 Å². The molecule has 2 aromatic rings. The van der Waals surface area contributed by atoms with Crippen molar-refractivity contribution in [1.29, 1.82) is 0 Å². The van der Waals surface area contributed by atoms with E-state index < -0.39 is 28.4 Å². The second-order valence-electron chi connectivity index (χ2n) is 7.86. The summed E-state index contributed by atoms with van der Waals surface area (Å²) in [6, 6.07) is 14.0. The van der Waals surface area contributed by atoms with Gasteiger partial charge in [-0.05, 0) is 57.8 Å². The molecule has 0 unspecified atom stereocenters. The van der Waals surface area contributed by atoms with E-state index in [9.17, 15) is 8.42 Å². The zero-order valence-electron chi connectivity index (χ0n) is 16.4. The van der Waals surface area contributed by atoms with Gasteiger partial charge in [0, 0.05) is 0 Å². The molecule has 0 spiro atoms. The Balaban J connectivity index is 1.66. The second-order valence-corrected chi connectivity index (χ2v) is 9.47. The molecule has 7 heteroatoms. The second kappa shape index (κ2) is 7.06. The molecule has 3 rings (SSSR count). The smallest absolute Gasteiger partial charge is 0.399 e. The minimum Gasteiger partial charge on any atom is -0.399 e. The van der Waals surface area contributed by atoms with Crippen molar-refractivity contribution in [3.63, 3.8) is 0 Å². The first-order valence-corrected chi connectivity index (χ1v) is 10.3. The highest BCUT2D eigenvalue weighted by Gasteiger charge is 2.51. The first-order chi connectivity index (χ1) is 12.5. The molecule has 2 aromatic carbocycles. The molecule has 5 nitrogen and oxygen atoms in total. The predicted octanol–water partition coefficient (Wildman–Crippen LogP) is 3.20. The van der Waals surface area contributed by atoms with Crippen LogP contribution < -0.4 is 5.46 Å². The van der Waals surface area contributed by atoms with Crippen LogP contribution in [-0.2, 0) is 30.2 Å². The van der Waals surface area contributed by atoms with Crippen molar-refractivity contribution in [2.45, 2.75) is 57.3 Å². The number of hydrogen-bond acceptors (Lipinski definition) is 5. The molecule has 0 radical (unpaired) electrons. The van der Waals surface area contributed by atoms with Crippen LogP contribution in [0.5, 0.6) is 0 Å². The molecule has 0 amide bonds. The summed E-state index contributed by atoms with van der Waals surface area (Å²) in [6.45, 7) is 9.89. The normalized spacial score (nSPS) is 18.6. The summed E-state index contributed by atoms with van der Waals surface area (Å²) in [7, 11) is -4.22. The zero-order chi connectivity index (χ0) is 19.9. The van der Waals surface area contributed by atoms with Gasteiger partial charge in [0.15, 0.2) is 0 Å². The van der Waals surface area contributed by atoms with E-state index in [4.69, 9.17) is 13.5 Å². The average molecular weight is 388 g/mol. The fourth-order valence-electron chi connectivity index (χ4n) is 2.67. The summed E-state index contributed by atoms with van der Waals surface area (Å²) in [6.07, 6.45) is 0. The molecular weight excluding hydrogens is 363 g/mol. The van der Waals surface area contributed by atoms with E-state index in [1.165, 1.54) is 0 Å². The lowest BCUT2D eigenvalue weighted by molar-refractivity contribution is 0.00578. The highest BCUT2D eigenvalue weighted by molar-refractivity contribution is 7.86. The molecule has 0 atom stereocenters. The van der Waals surface area contributed by atoms with E-state index in [1.54, 1.807) is 24.3 Å². The van der Waals surface area contributed by atoms with E-state index in [-0.39, 0.29) is 11.5 Å². The number of aryl methyl sites for hydroxylation is 1. The fraction of sp³-hybridized carbons (Fsp3) is 0.400. The molecule has 1 heterocycles. The molecule has 144 valence electrons. The monoisotopic (exact) mass is 388 g/mol. The van der Waals surface area contributed by atoms with Crippen LogP contribution in [0.25, 0.3) is 0 Å². The molecule has 1 aliphatic heterocycles. The molecule has 0 aromatic heterocycles. The minimum absolute atomic E-state index is 0.0279. The molecule has 0 bridgehead atoms. The summed E-state index contributed by atoms with van der Waals surface area (Å²) >= 11 is 0. The van der Waals surface area contributed by atoms with Gasteiger partial charge in [-0.2, -0.15) is 8.42 Å². The standard InChI is InChI=1S/C20H25BO5S/c1-15-6-12-18(13-7-15)27(22,23)24-14-16-8-10-17(11-9-16)21-25-19(2,3)20(4,5)26-21/h6-13H,14H2,1-5H3. The Morgan fingerprint density at radius 3 is 1.93 bits per heavy atom. The lowest BCUT2D eigenvalue weighted by atomic mass is 9.79. The summed E-state index contributed by atoms with van der Waals surface area (Å²) in [5.41, 5.74) is 1.83. The van der Waals surface area contributed by atoms with Crippen molar-refractivity contribution < 1.29 is 21.9 Å². The van der Waals surface area contributed by atoms with E-state index in [0.717, 1.165) is 16.6 Å². The maximum absolute atomic E-state index is 12.3. The fourth-order valence-corrected chi connectivity index (χ4v) is 3.57. The van der Waals surface area contributed by atoms with Gasteiger partial charge in [-0.1, -0.05) is 42.0 Å². The zero-order valence-corrected chi connectivity index (χ0v) is 17.2. The third-order valence-corrected chi connectivity index (χ3v) is 6.47. The van der Waals surface area contributed by atoms with Crippen molar-refractivity contribution in [3.05, 3.63) is 59.7 Å². The van der Waals surface area contributed by atoms with Crippen molar-refractivity contribution in [2.75, 3.05) is 0 Å². The van der Waals surface area contributed by atoms with E-state index in [2.05, 4.69) is 0 Å². The van der Waals surface area contributed by atoms with Crippen LogP contribution in [-0.4, -0.2) is 26.7 Å². The predicted molar refractivity (Wildman–Crippen MR) is 105 cm³/mol. The Morgan fingerprint density at radius 1 is 0.889 bits per heavy atom. The van der Waals surface area contributed by atoms with E-state index >= 15 is 0 Å². The molecule has 1 aliphatic rings. The van der Waals surface area contributed by atoms with Gasteiger partial charge >= 0.3 is 7.12 Å². The van der Waals surface area contributed by atoms with Gasteiger partial charge < -0.3 is 9.31 Å². The highest BCUT2D eigenvalue weighted by atomic mass is 32.2. The van der Waals surface area contributed by atoms with Crippen LogP contribution in [0.1, 0.15) is 38.8 Å². The van der Waals surface area contributed by atoms with Gasteiger partial charge in [-0.3, -0.25) is 4.18 Å². The first-order valence-electron chi connectivity index (χ1n) is 8.91. The third kappa shape index (κ3) is 4.27. The largest absolute Gasteiger partial charge is 0.494 e. The Morgan fingerprint density at radius 2 is 1.41 bits per heavy atom. The van der Waals surface area contributed by atoms with Crippen LogP contribution in [0.2, 0.25) is 0 Å². The van der Waals surface area contributed by atoms with Gasteiger partial charge in [0.1, 0.15) is 0 Å². The Kier molecular flexibility index (Phi) is 5.25. The summed E-state index contributed by atoms with van der Waals surface area (Å²) in [4.78, 5) is 0.155. The van der Waals surface area contributed by atoms with Gasteiger partial charge in [-0.25, -0.2) is 0 Å². The summed E-state index contributed by atoms with van der Waals surface area (Å²) in [5.74, 6) is 0. The molecule has 27 heavy (non-hydrogen) atoms. The van der Waals surface area contributed by atoms with Crippen molar-refractivity contribution in [1.82, 2.24) is 0 Å². The molecule has 1 saturated heterocycles. The van der Waals surface area contributed by atoms with Crippen molar-refractivity contribution in [3.8, 4) is 0 Å².